The topological polar surface area (TPSA) is 55.4 Å². The quantitative estimate of drug-likeness (QED) is 0.261. The molecule has 1 N–H and O–H groups in total. The van der Waals surface area contributed by atoms with Crippen LogP contribution in [0.1, 0.15) is 114 Å². The second-order valence-corrected chi connectivity index (χ2v) is 11.6. The van der Waals surface area contributed by atoms with E-state index in [1.807, 2.05) is 0 Å². The first-order valence-electron chi connectivity index (χ1n) is 11.5. The minimum atomic E-state index is -0.154. The third-order valence-corrected chi connectivity index (χ3v) is 7.02. The second kappa shape index (κ2) is 11.4. The molecule has 0 aliphatic heterocycles. The fraction of sp³-hybridized carbons (Fsp3) is 0.920. The molecule has 0 saturated heterocycles. The Morgan fingerprint density at radius 3 is 1.83 bits per heavy atom. The molecule has 1 amide bonds. The van der Waals surface area contributed by atoms with Gasteiger partial charge in [0.25, 0.3) is 0 Å². The zero-order valence-corrected chi connectivity index (χ0v) is 21.1. The lowest BCUT2D eigenvalue weighted by Gasteiger charge is -2.41. The minimum Gasteiger partial charge on any atom is -0.465 e. The third kappa shape index (κ3) is 11.1. The highest BCUT2D eigenvalue weighted by Crippen LogP contribution is 2.40. The van der Waals surface area contributed by atoms with Crippen molar-refractivity contribution in [1.29, 1.82) is 0 Å². The van der Waals surface area contributed by atoms with Crippen LogP contribution in [0.15, 0.2) is 0 Å². The van der Waals surface area contributed by atoms with Crippen LogP contribution in [0.4, 0.5) is 0 Å². The molecule has 0 unspecified atom stereocenters. The monoisotopic (exact) mass is 411 g/mol. The Morgan fingerprint density at radius 1 is 0.759 bits per heavy atom. The summed E-state index contributed by atoms with van der Waals surface area (Å²) < 4.78 is 5.51. The predicted octanol–water partition coefficient (Wildman–Crippen LogP) is 6.52. The maximum atomic E-state index is 12.1. The molecule has 0 aliphatic rings. The summed E-state index contributed by atoms with van der Waals surface area (Å²) in [5.74, 6) is -0.0834. The first kappa shape index (κ1) is 27.9. The van der Waals surface area contributed by atoms with Gasteiger partial charge in [0.2, 0.25) is 5.91 Å². The molecule has 0 saturated carbocycles. The van der Waals surface area contributed by atoms with Gasteiger partial charge in [-0.3, -0.25) is 9.59 Å². The third-order valence-electron chi connectivity index (χ3n) is 7.02. The molecule has 4 nitrogen and oxygen atoms in total. The fourth-order valence-electron chi connectivity index (χ4n) is 3.50. The van der Waals surface area contributed by atoms with E-state index in [1.54, 1.807) is 0 Å². The Bertz CT molecular complexity index is 518. The number of carbonyl (C=O) groups is 2. The lowest BCUT2D eigenvalue weighted by molar-refractivity contribution is -0.147. The summed E-state index contributed by atoms with van der Waals surface area (Å²) in [7, 11) is 0. The van der Waals surface area contributed by atoms with Crippen molar-refractivity contribution >= 4 is 11.9 Å². The lowest BCUT2D eigenvalue weighted by Crippen LogP contribution is -2.42. The van der Waals surface area contributed by atoms with Gasteiger partial charge in [0.1, 0.15) is 0 Å². The molecule has 0 spiro atoms. The van der Waals surface area contributed by atoms with Gasteiger partial charge in [-0.05, 0) is 40.9 Å². The highest BCUT2D eigenvalue weighted by atomic mass is 16.5. The van der Waals surface area contributed by atoms with Gasteiger partial charge in [-0.1, -0.05) is 82.1 Å². The minimum absolute atomic E-state index is 0.0197. The van der Waals surface area contributed by atoms with E-state index in [1.165, 1.54) is 0 Å². The summed E-state index contributed by atoms with van der Waals surface area (Å²) in [5, 5.41) is 3.07. The molecule has 4 heteroatoms. The van der Waals surface area contributed by atoms with E-state index in [-0.39, 0.29) is 33.5 Å². The van der Waals surface area contributed by atoms with E-state index in [9.17, 15) is 9.59 Å². The summed E-state index contributed by atoms with van der Waals surface area (Å²) in [6.45, 7) is 23.2. The number of unbranched alkanes of at least 4 members (excludes halogenated alkanes) is 1. The average molecular weight is 412 g/mol. The Balaban J connectivity index is 4.11. The first-order valence-corrected chi connectivity index (χ1v) is 11.5. The van der Waals surface area contributed by atoms with Crippen molar-refractivity contribution in [1.82, 2.24) is 5.32 Å². The standard InChI is InChI=1S/C25H49NO3/c1-11-22(3,4)17-23(5,6)19-29-21(28)16-14-13-15-20(27)26-18-25(9,10)24(7,8)12-2/h11-19H2,1-10H3,(H,26,27). The number of ether oxygens (including phenoxy) is 1. The van der Waals surface area contributed by atoms with Crippen molar-refractivity contribution in [3.8, 4) is 0 Å². The van der Waals surface area contributed by atoms with Gasteiger partial charge < -0.3 is 10.1 Å². The van der Waals surface area contributed by atoms with E-state index in [0.717, 1.165) is 19.3 Å². The van der Waals surface area contributed by atoms with Crippen molar-refractivity contribution < 1.29 is 14.3 Å². The molecule has 0 aromatic rings. The molecule has 29 heavy (non-hydrogen) atoms. The molecule has 0 aliphatic carbocycles. The van der Waals surface area contributed by atoms with Crippen LogP contribution >= 0.6 is 0 Å². The van der Waals surface area contributed by atoms with Crippen LogP contribution in [-0.4, -0.2) is 25.0 Å². The van der Waals surface area contributed by atoms with Crippen molar-refractivity contribution in [3.63, 3.8) is 0 Å². The molecular formula is C25H49NO3. The summed E-state index contributed by atoms with van der Waals surface area (Å²) in [6.07, 6.45) is 5.46. The van der Waals surface area contributed by atoms with Gasteiger partial charge in [0.05, 0.1) is 6.61 Å². The molecule has 0 aromatic carbocycles. The van der Waals surface area contributed by atoms with Crippen LogP contribution in [0.25, 0.3) is 0 Å². The number of hydrogen-bond acceptors (Lipinski definition) is 3. The van der Waals surface area contributed by atoms with Crippen LogP contribution in [-0.2, 0) is 14.3 Å². The van der Waals surface area contributed by atoms with Gasteiger partial charge >= 0.3 is 5.97 Å². The van der Waals surface area contributed by atoms with Gasteiger partial charge in [0, 0.05) is 19.4 Å². The SMILES string of the molecule is CCC(C)(C)CC(C)(C)COC(=O)CCCCC(=O)NCC(C)(C)C(C)(C)CC. The Morgan fingerprint density at radius 2 is 1.31 bits per heavy atom. The second-order valence-electron chi connectivity index (χ2n) is 11.6. The Hall–Kier alpha value is -1.06. The summed E-state index contributed by atoms with van der Waals surface area (Å²) in [6, 6.07) is 0. The molecule has 0 aromatic heterocycles. The molecular weight excluding hydrogens is 362 g/mol. The van der Waals surface area contributed by atoms with Crippen LogP contribution < -0.4 is 5.32 Å². The van der Waals surface area contributed by atoms with Gasteiger partial charge in [-0.25, -0.2) is 0 Å². The molecule has 0 bridgehead atoms. The van der Waals surface area contributed by atoms with Gasteiger partial charge in [-0.15, -0.1) is 0 Å². The van der Waals surface area contributed by atoms with E-state index >= 15 is 0 Å². The van der Waals surface area contributed by atoms with Crippen LogP contribution in [0.3, 0.4) is 0 Å². The molecule has 0 fully saturated rings. The van der Waals surface area contributed by atoms with Crippen molar-refractivity contribution in [2.75, 3.05) is 13.2 Å². The normalized spacial score (nSPS) is 13.3. The van der Waals surface area contributed by atoms with E-state index in [2.05, 4.69) is 74.6 Å². The number of nitrogens with one attached hydrogen (secondary N) is 1. The highest BCUT2D eigenvalue weighted by molar-refractivity contribution is 5.76. The average Bonchev–Trinajstić information content (AvgIpc) is 2.61. The zero-order valence-electron chi connectivity index (χ0n) is 21.1. The number of esters is 1. The largest absolute Gasteiger partial charge is 0.465 e. The van der Waals surface area contributed by atoms with Crippen molar-refractivity contribution in [2.24, 2.45) is 21.7 Å². The van der Waals surface area contributed by atoms with E-state index in [4.69, 9.17) is 4.74 Å². The molecule has 172 valence electrons. The highest BCUT2D eigenvalue weighted by Gasteiger charge is 2.35. The van der Waals surface area contributed by atoms with E-state index in [0.29, 0.717) is 38.8 Å². The van der Waals surface area contributed by atoms with Gasteiger partial charge in [-0.2, -0.15) is 0 Å². The maximum Gasteiger partial charge on any atom is 0.305 e. The van der Waals surface area contributed by atoms with Crippen LogP contribution in [0, 0.1) is 21.7 Å². The summed E-state index contributed by atoms with van der Waals surface area (Å²) in [4.78, 5) is 24.2. The molecule has 0 rings (SSSR count). The number of carbonyl (C=O) groups excluding carboxylic acids is 2. The number of hydrogen-bond donors (Lipinski definition) is 1. The lowest BCUT2D eigenvalue weighted by atomic mass is 9.66. The van der Waals surface area contributed by atoms with Crippen LogP contribution in [0.2, 0.25) is 0 Å². The van der Waals surface area contributed by atoms with Gasteiger partial charge in [0.15, 0.2) is 0 Å². The number of rotatable bonds is 14. The molecule has 0 atom stereocenters. The van der Waals surface area contributed by atoms with E-state index < -0.39 is 0 Å². The predicted molar refractivity (Wildman–Crippen MR) is 123 cm³/mol. The summed E-state index contributed by atoms with van der Waals surface area (Å²) >= 11 is 0. The Kier molecular flexibility index (Phi) is 10.9. The summed E-state index contributed by atoms with van der Waals surface area (Å²) in [5.41, 5.74) is 0.447. The van der Waals surface area contributed by atoms with Crippen LogP contribution in [0.5, 0.6) is 0 Å². The first-order chi connectivity index (χ1) is 13.1. The van der Waals surface area contributed by atoms with Crippen molar-refractivity contribution in [3.05, 3.63) is 0 Å². The maximum absolute atomic E-state index is 12.1. The van der Waals surface area contributed by atoms with Crippen molar-refractivity contribution in [2.45, 2.75) is 114 Å². The fourth-order valence-corrected chi connectivity index (χ4v) is 3.50. The Labute approximate surface area is 180 Å². The number of amides is 1. The smallest absolute Gasteiger partial charge is 0.305 e. The molecule has 0 heterocycles. The zero-order chi connectivity index (χ0) is 22.9. The molecule has 0 radical (unpaired) electrons.